The van der Waals surface area contributed by atoms with Crippen molar-refractivity contribution in [3.8, 4) is 0 Å². The summed E-state index contributed by atoms with van der Waals surface area (Å²) in [7, 11) is 0. The van der Waals surface area contributed by atoms with Gasteiger partial charge in [-0.3, -0.25) is 14.9 Å². The fourth-order valence-corrected chi connectivity index (χ4v) is 2.13. The average Bonchev–Trinajstić information content (AvgIpc) is 2.61. The lowest BCUT2D eigenvalue weighted by atomic mass is 10.2. The van der Waals surface area contributed by atoms with E-state index in [1.807, 2.05) is 13.8 Å². The predicted molar refractivity (Wildman–Crippen MR) is 104 cm³/mol. The van der Waals surface area contributed by atoms with E-state index in [4.69, 9.17) is 0 Å². The summed E-state index contributed by atoms with van der Waals surface area (Å²) in [6.45, 7) is 3.73. The van der Waals surface area contributed by atoms with Crippen molar-refractivity contribution < 1.29 is 14.5 Å². The number of benzene rings is 2. The molecular weight excluding hydrogens is 348 g/mol. The Morgan fingerprint density at radius 2 is 1.52 bits per heavy atom. The van der Waals surface area contributed by atoms with Gasteiger partial charge in [-0.05, 0) is 61.9 Å². The van der Waals surface area contributed by atoms with Gasteiger partial charge in [-0.15, -0.1) is 0 Å². The van der Waals surface area contributed by atoms with Crippen molar-refractivity contribution in [2.24, 2.45) is 0 Å². The van der Waals surface area contributed by atoms with Crippen molar-refractivity contribution in [2.75, 3.05) is 10.6 Å². The number of hydrogen-bond acceptors (Lipinski definition) is 4. The Morgan fingerprint density at radius 3 is 2.04 bits per heavy atom. The lowest BCUT2D eigenvalue weighted by molar-refractivity contribution is -0.384. The van der Waals surface area contributed by atoms with Crippen LogP contribution in [0.15, 0.2) is 54.6 Å². The summed E-state index contributed by atoms with van der Waals surface area (Å²) in [4.78, 5) is 33.7. The first kappa shape index (κ1) is 19.6. The van der Waals surface area contributed by atoms with Crippen LogP contribution in [0.1, 0.15) is 19.4 Å². The molecule has 2 aromatic rings. The molecule has 0 aliphatic heterocycles. The molecule has 0 spiro atoms. The number of nitrogens with zero attached hydrogens (tertiary/aromatic N) is 1. The molecule has 3 amide bonds. The van der Waals surface area contributed by atoms with Crippen LogP contribution in [-0.2, 0) is 4.79 Å². The standard InChI is InChI=1S/C19H20N4O4/c1-13(2)20-19(25)22-16-8-6-15(7-9-16)21-18(24)12-5-14-3-10-17(11-4-14)23(26)27/h3-13H,1-2H3,(H,21,24)(H2,20,22,25)/b12-5+. The maximum Gasteiger partial charge on any atom is 0.319 e. The predicted octanol–water partition coefficient (Wildman–Crippen LogP) is 3.78. The summed E-state index contributed by atoms with van der Waals surface area (Å²) in [5.74, 6) is -0.341. The molecule has 0 bridgehead atoms. The number of nitro benzene ring substituents is 1. The lowest BCUT2D eigenvalue weighted by Gasteiger charge is -2.10. The van der Waals surface area contributed by atoms with Gasteiger partial charge in [0.05, 0.1) is 4.92 Å². The minimum Gasteiger partial charge on any atom is -0.336 e. The molecule has 0 saturated heterocycles. The van der Waals surface area contributed by atoms with Crippen molar-refractivity contribution in [2.45, 2.75) is 19.9 Å². The van der Waals surface area contributed by atoms with E-state index in [1.54, 1.807) is 42.5 Å². The first-order chi connectivity index (χ1) is 12.8. The highest BCUT2D eigenvalue weighted by Crippen LogP contribution is 2.15. The summed E-state index contributed by atoms with van der Waals surface area (Å²) >= 11 is 0. The number of nitrogens with one attached hydrogen (secondary N) is 3. The Morgan fingerprint density at radius 1 is 0.963 bits per heavy atom. The van der Waals surface area contributed by atoms with E-state index in [2.05, 4.69) is 16.0 Å². The topological polar surface area (TPSA) is 113 Å². The SMILES string of the molecule is CC(C)NC(=O)Nc1ccc(NC(=O)/C=C/c2ccc([N+](=O)[O-])cc2)cc1. The molecule has 0 aliphatic rings. The number of amides is 3. The third-order valence-corrected chi connectivity index (χ3v) is 3.36. The van der Waals surface area contributed by atoms with Gasteiger partial charge in [0.2, 0.25) is 5.91 Å². The van der Waals surface area contributed by atoms with Crippen LogP contribution < -0.4 is 16.0 Å². The van der Waals surface area contributed by atoms with Gasteiger partial charge in [0.1, 0.15) is 0 Å². The van der Waals surface area contributed by atoms with Gasteiger partial charge in [0, 0.05) is 35.6 Å². The zero-order valence-corrected chi connectivity index (χ0v) is 14.9. The third-order valence-electron chi connectivity index (χ3n) is 3.36. The second-order valence-corrected chi connectivity index (χ2v) is 6.00. The van der Waals surface area contributed by atoms with E-state index < -0.39 is 4.92 Å². The van der Waals surface area contributed by atoms with Crippen LogP contribution in [0.3, 0.4) is 0 Å². The van der Waals surface area contributed by atoms with Crippen molar-refractivity contribution in [1.82, 2.24) is 5.32 Å². The van der Waals surface area contributed by atoms with Crippen molar-refractivity contribution in [1.29, 1.82) is 0 Å². The highest BCUT2D eigenvalue weighted by molar-refractivity contribution is 6.02. The zero-order chi connectivity index (χ0) is 19.8. The molecule has 8 heteroatoms. The molecule has 2 aromatic carbocycles. The van der Waals surface area contributed by atoms with Crippen LogP contribution in [0.25, 0.3) is 6.08 Å². The van der Waals surface area contributed by atoms with Crippen LogP contribution in [0.2, 0.25) is 0 Å². The second-order valence-electron chi connectivity index (χ2n) is 6.00. The second kappa shape index (κ2) is 9.14. The van der Waals surface area contributed by atoms with Gasteiger partial charge in [-0.25, -0.2) is 4.79 Å². The smallest absolute Gasteiger partial charge is 0.319 e. The van der Waals surface area contributed by atoms with E-state index in [-0.39, 0.29) is 23.7 Å². The van der Waals surface area contributed by atoms with E-state index in [0.717, 1.165) is 0 Å². The number of rotatable bonds is 6. The Hall–Kier alpha value is -3.68. The number of anilines is 2. The minimum absolute atomic E-state index is 0.00706. The molecule has 8 nitrogen and oxygen atoms in total. The quantitative estimate of drug-likeness (QED) is 0.409. The van der Waals surface area contributed by atoms with E-state index in [9.17, 15) is 19.7 Å². The third kappa shape index (κ3) is 6.62. The Bertz CT molecular complexity index is 843. The molecule has 0 radical (unpaired) electrons. The van der Waals surface area contributed by atoms with E-state index in [1.165, 1.54) is 18.2 Å². The maximum absolute atomic E-state index is 12.0. The molecule has 140 valence electrons. The molecule has 0 heterocycles. The average molecular weight is 368 g/mol. The largest absolute Gasteiger partial charge is 0.336 e. The van der Waals surface area contributed by atoms with Crippen LogP contribution in [-0.4, -0.2) is 22.9 Å². The fraction of sp³-hybridized carbons (Fsp3) is 0.158. The van der Waals surface area contributed by atoms with Crippen molar-refractivity contribution in [3.05, 3.63) is 70.3 Å². The molecule has 0 fully saturated rings. The molecule has 0 aliphatic carbocycles. The van der Waals surface area contributed by atoms with Gasteiger partial charge in [0.15, 0.2) is 0 Å². The number of carbonyl (C=O) groups excluding carboxylic acids is 2. The molecule has 2 rings (SSSR count). The first-order valence-corrected chi connectivity index (χ1v) is 8.24. The zero-order valence-electron chi connectivity index (χ0n) is 14.9. The maximum atomic E-state index is 12.0. The van der Waals surface area contributed by atoms with Crippen LogP contribution in [0, 0.1) is 10.1 Å². The molecule has 0 saturated carbocycles. The number of nitro groups is 1. The van der Waals surface area contributed by atoms with Gasteiger partial charge >= 0.3 is 6.03 Å². The van der Waals surface area contributed by atoms with E-state index in [0.29, 0.717) is 16.9 Å². The van der Waals surface area contributed by atoms with Gasteiger partial charge in [-0.1, -0.05) is 0 Å². The molecular formula is C19H20N4O4. The number of carbonyl (C=O) groups is 2. The molecule has 0 aromatic heterocycles. The lowest BCUT2D eigenvalue weighted by Crippen LogP contribution is -2.34. The van der Waals surface area contributed by atoms with E-state index >= 15 is 0 Å². The fourth-order valence-electron chi connectivity index (χ4n) is 2.13. The number of hydrogen-bond donors (Lipinski definition) is 3. The summed E-state index contributed by atoms with van der Waals surface area (Å²) < 4.78 is 0. The first-order valence-electron chi connectivity index (χ1n) is 8.24. The molecule has 0 unspecified atom stereocenters. The molecule has 3 N–H and O–H groups in total. The summed E-state index contributed by atoms with van der Waals surface area (Å²) in [5.41, 5.74) is 1.84. The monoisotopic (exact) mass is 368 g/mol. The highest BCUT2D eigenvalue weighted by atomic mass is 16.6. The van der Waals surface area contributed by atoms with Crippen molar-refractivity contribution in [3.63, 3.8) is 0 Å². The summed E-state index contributed by atoms with van der Waals surface area (Å²) in [6.07, 6.45) is 2.90. The Kier molecular flexibility index (Phi) is 6.65. The normalized spacial score (nSPS) is 10.6. The van der Waals surface area contributed by atoms with Crippen LogP contribution in [0.5, 0.6) is 0 Å². The van der Waals surface area contributed by atoms with Crippen LogP contribution in [0.4, 0.5) is 21.9 Å². The molecule has 27 heavy (non-hydrogen) atoms. The number of urea groups is 1. The Balaban J connectivity index is 1.89. The van der Waals surface area contributed by atoms with Gasteiger partial charge in [0.25, 0.3) is 5.69 Å². The highest BCUT2D eigenvalue weighted by Gasteiger charge is 2.05. The van der Waals surface area contributed by atoms with Crippen molar-refractivity contribution >= 4 is 35.1 Å². The summed E-state index contributed by atoms with van der Waals surface area (Å²) in [5, 5.41) is 18.7. The Labute approximate surface area is 156 Å². The van der Waals surface area contributed by atoms with Crippen LogP contribution >= 0.6 is 0 Å². The number of non-ortho nitro benzene ring substituents is 1. The van der Waals surface area contributed by atoms with Gasteiger partial charge in [-0.2, -0.15) is 0 Å². The minimum atomic E-state index is -0.481. The summed E-state index contributed by atoms with van der Waals surface area (Å²) in [6, 6.07) is 12.3. The molecule has 0 atom stereocenters. The van der Waals surface area contributed by atoms with Gasteiger partial charge < -0.3 is 16.0 Å².